The van der Waals surface area contributed by atoms with Crippen molar-refractivity contribution < 1.29 is 12.8 Å². The lowest BCUT2D eigenvalue weighted by Gasteiger charge is -2.12. The lowest BCUT2D eigenvalue weighted by Crippen LogP contribution is -2.14. The zero-order chi connectivity index (χ0) is 14.8. The fourth-order valence-electron chi connectivity index (χ4n) is 1.95. The normalized spacial score (nSPS) is 11.3. The van der Waals surface area contributed by atoms with Crippen LogP contribution in [0.2, 0.25) is 0 Å². The Morgan fingerprint density at radius 2 is 1.85 bits per heavy atom. The van der Waals surface area contributed by atoms with Crippen LogP contribution in [0.4, 0.5) is 10.1 Å². The SMILES string of the molecule is Cc1c(NCc2ccccc2F)cccc1S(N)(=O)=O. The van der Waals surface area contributed by atoms with Gasteiger partial charge in [-0.2, -0.15) is 0 Å². The van der Waals surface area contributed by atoms with Crippen LogP contribution in [0.5, 0.6) is 0 Å². The van der Waals surface area contributed by atoms with Crippen LogP contribution in [0.3, 0.4) is 0 Å². The molecule has 106 valence electrons. The predicted molar refractivity (Wildman–Crippen MR) is 76.3 cm³/mol. The van der Waals surface area contributed by atoms with Crippen molar-refractivity contribution in [2.24, 2.45) is 5.14 Å². The lowest BCUT2D eigenvalue weighted by molar-refractivity contribution is 0.597. The van der Waals surface area contributed by atoms with E-state index in [1.54, 1.807) is 37.3 Å². The highest BCUT2D eigenvalue weighted by atomic mass is 32.2. The van der Waals surface area contributed by atoms with Crippen LogP contribution in [-0.4, -0.2) is 8.42 Å². The molecule has 0 spiro atoms. The van der Waals surface area contributed by atoms with Crippen molar-refractivity contribution >= 4 is 15.7 Å². The van der Waals surface area contributed by atoms with E-state index >= 15 is 0 Å². The first-order chi connectivity index (χ1) is 9.39. The molecule has 0 aliphatic rings. The number of hydrogen-bond donors (Lipinski definition) is 2. The molecule has 0 aliphatic carbocycles. The smallest absolute Gasteiger partial charge is 0.238 e. The summed E-state index contributed by atoms with van der Waals surface area (Å²) < 4.78 is 36.4. The second kappa shape index (κ2) is 5.60. The number of hydrogen-bond acceptors (Lipinski definition) is 3. The Balaban J connectivity index is 2.25. The van der Waals surface area contributed by atoms with Crippen molar-refractivity contribution in [3.05, 3.63) is 59.4 Å². The Bertz CT molecular complexity index is 730. The second-order valence-corrected chi connectivity index (χ2v) is 5.95. The predicted octanol–water partition coefficient (Wildman–Crippen LogP) is 2.39. The third-order valence-electron chi connectivity index (χ3n) is 3.02. The van der Waals surface area contributed by atoms with Crippen LogP contribution < -0.4 is 10.5 Å². The first-order valence-electron chi connectivity index (χ1n) is 5.99. The van der Waals surface area contributed by atoms with Gasteiger partial charge in [0, 0.05) is 17.8 Å². The van der Waals surface area contributed by atoms with Gasteiger partial charge in [0.05, 0.1) is 4.90 Å². The Kier molecular flexibility index (Phi) is 4.06. The minimum Gasteiger partial charge on any atom is -0.381 e. The van der Waals surface area contributed by atoms with Crippen molar-refractivity contribution in [3.8, 4) is 0 Å². The van der Waals surface area contributed by atoms with Gasteiger partial charge in [-0.05, 0) is 30.7 Å². The van der Waals surface area contributed by atoms with Crippen LogP contribution in [0.25, 0.3) is 0 Å². The summed E-state index contributed by atoms with van der Waals surface area (Å²) in [4.78, 5) is 0.0658. The molecule has 0 aromatic heterocycles. The first-order valence-corrected chi connectivity index (χ1v) is 7.54. The highest BCUT2D eigenvalue weighted by Crippen LogP contribution is 2.22. The van der Waals surface area contributed by atoms with Crippen molar-refractivity contribution in [1.29, 1.82) is 0 Å². The molecule has 0 saturated carbocycles. The molecule has 3 N–H and O–H groups in total. The molecule has 6 heteroatoms. The summed E-state index contributed by atoms with van der Waals surface area (Å²) in [7, 11) is -3.76. The van der Waals surface area contributed by atoms with Crippen LogP contribution in [0.1, 0.15) is 11.1 Å². The van der Waals surface area contributed by atoms with Gasteiger partial charge in [0.1, 0.15) is 5.82 Å². The average molecular weight is 294 g/mol. The Morgan fingerprint density at radius 1 is 1.15 bits per heavy atom. The van der Waals surface area contributed by atoms with Gasteiger partial charge in [0.25, 0.3) is 0 Å². The fraction of sp³-hybridized carbons (Fsp3) is 0.143. The van der Waals surface area contributed by atoms with Crippen LogP contribution in [0, 0.1) is 12.7 Å². The van der Waals surface area contributed by atoms with Crippen LogP contribution in [-0.2, 0) is 16.6 Å². The quantitative estimate of drug-likeness (QED) is 0.909. The molecule has 0 amide bonds. The van der Waals surface area contributed by atoms with Gasteiger partial charge in [-0.15, -0.1) is 0 Å². The maximum atomic E-state index is 13.5. The molecular weight excluding hydrogens is 279 g/mol. The molecule has 4 nitrogen and oxygen atoms in total. The molecule has 0 saturated heterocycles. The van der Waals surface area contributed by atoms with Crippen molar-refractivity contribution in [2.45, 2.75) is 18.4 Å². The molecule has 2 aromatic rings. The minimum absolute atomic E-state index is 0.0658. The Labute approximate surface area is 117 Å². The molecule has 0 bridgehead atoms. The first kappa shape index (κ1) is 14.5. The van der Waals surface area contributed by atoms with E-state index in [9.17, 15) is 12.8 Å². The summed E-state index contributed by atoms with van der Waals surface area (Å²) in [5.41, 5.74) is 1.64. The van der Waals surface area contributed by atoms with E-state index in [1.807, 2.05) is 0 Å². The van der Waals surface area contributed by atoms with Gasteiger partial charge in [0.2, 0.25) is 10.0 Å². The third-order valence-corrected chi connectivity index (χ3v) is 4.07. The fourth-order valence-corrected chi connectivity index (χ4v) is 2.75. The van der Waals surface area contributed by atoms with E-state index in [0.29, 0.717) is 16.8 Å². The standard InChI is InChI=1S/C14H15FN2O2S/c1-10-13(7-4-8-14(10)20(16,18)19)17-9-11-5-2-3-6-12(11)15/h2-8,17H,9H2,1H3,(H2,16,18,19). The van der Waals surface area contributed by atoms with E-state index in [0.717, 1.165) is 0 Å². The van der Waals surface area contributed by atoms with Crippen molar-refractivity contribution in [1.82, 2.24) is 0 Å². The summed E-state index contributed by atoms with van der Waals surface area (Å²) in [6, 6.07) is 11.2. The molecule has 0 unspecified atom stereocenters. The Hall–Kier alpha value is -1.92. The number of sulfonamides is 1. The van der Waals surface area contributed by atoms with E-state index in [-0.39, 0.29) is 17.3 Å². The second-order valence-electron chi connectivity index (χ2n) is 4.42. The largest absolute Gasteiger partial charge is 0.381 e. The highest BCUT2D eigenvalue weighted by molar-refractivity contribution is 7.89. The summed E-state index contributed by atoms with van der Waals surface area (Å²) in [6.07, 6.45) is 0. The molecule has 2 rings (SSSR count). The number of nitrogens with two attached hydrogens (primary N) is 1. The van der Waals surface area contributed by atoms with Crippen molar-refractivity contribution in [2.75, 3.05) is 5.32 Å². The number of benzene rings is 2. The summed E-state index contributed by atoms with van der Waals surface area (Å²) >= 11 is 0. The topological polar surface area (TPSA) is 72.2 Å². The number of primary sulfonamides is 1. The van der Waals surface area contributed by atoms with Crippen LogP contribution in [0.15, 0.2) is 47.4 Å². The zero-order valence-electron chi connectivity index (χ0n) is 10.9. The molecular formula is C14H15FN2O2S. The van der Waals surface area contributed by atoms with E-state index in [2.05, 4.69) is 5.32 Å². The molecule has 0 radical (unpaired) electrons. The number of nitrogens with one attached hydrogen (secondary N) is 1. The summed E-state index contributed by atoms with van der Waals surface area (Å²) in [6.45, 7) is 1.92. The average Bonchev–Trinajstić information content (AvgIpc) is 2.38. The van der Waals surface area contributed by atoms with Gasteiger partial charge >= 0.3 is 0 Å². The van der Waals surface area contributed by atoms with Gasteiger partial charge in [-0.1, -0.05) is 24.3 Å². The van der Waals surface area contributed by atoms with E-state index in [1.165, 1.54) is 12.1 Å². The molecule has 0 fully saturated rings. The molecule has 2 aromatic carbocycles. The molecule has 0 aliphatic heterocycles. The highest BCUT2D eigenvalue weighted by Gasteiger charge is 2.13. The molecule has 0 heterocycles. The number of rotatable bonds is 4. The molecule has 0 atom stereocenters. The Morgan fingerprint density at radius 3 is 2.50 bits per heavy atom. The van der Waals surface area contributed by atoms with Gasteiger partial charge in [-0.25, -0.2) is 17.9 Å². The summed E-state index contributed by atoms with van der Waals surface area (Å²) in [5, 5.41) is 8.16. The van der Waals surface area contributed by atoms with Gasteiger partial charge in [-0.3, -0.25) is 0 Å². The number of halogens is 1. The monoisotopic (exact) mass is 294 g/mol. The third kappa shape index (κ3) is 3.15. The van der Waals surface area contributed by atoms with Crippen molar-refractivity contribution in [3.63, 3.8) is 0 Å². The van der Waals surface area contributed by atoms with Gasteiger partial charge < -0.3 is 5.32 Å². The maximum Gasteiger partial charge on any atom is 0.238 e. The molecule has 20 heavy (non-hydrogen) atoms. The minimum atomic E-state index is -3.76. The number of anilines is 1. The van der Waals surface area contributed by atoms with Crippen LogP contribution >= 0.6 is 0 Å². The lowest BCUT2D eigenvalue weighted by atomic mass is 10.1. The van der Waals surface area contributed by atoms with Gasteiger partial charge in [0.15, 0.2) is 0 Å². The van der Waals surface area contributed by atoms with E-state index in [4.69, 9.17) is 5.14 Å². The zero-order valence-corrected chi connectivity index (χ0v) is 11.7. The summed E-state index contributed by atoms with van der Waals surface area (Å²) in [5.74, 6) is -0.305. The van der Waals surface area contributed by atoms with E-state index < -0.39 is 10.0 Å². The maximum absolute atomic E-state index is 13.5.